The van der Waals surface area contributed by atoms with Crippen molar-refractivity contribution in [3.8, 4) is 5.88 Å². The number of aromatic nitrogens is 2. The average molecular weight is 274 g/mol. The average Bonchev–Trinajstić information content (AvgIpc) is 2.47. The molecule has 0 saturated heterocycles. The monoisotopic (exact) mass is 274 g/mol. The van der Waals surface area contributed by atoms with Crippen LogP contribution < -0.4 is 4.74 Å². The Labute approximate surface area is 116 Å². The van der Waals surface area contributed by atoms with Crippen LogP contribution in [0.5, 0.6) is 5.88 Å². The second-order valence-electron chi connectivity index (χ2n) is 3.85. The minimum absolute atomic E-state index is 0.0469. The van der Waals surface area contributed by atoms with E-state index in [1.807, 2.05) is 30.5 Å². The molecule has 0 amide bonds. The van der Waals surface area contributed by atoms with Gasteiger partial charge in [0.25, 0.3) is 0 Å². The van der Waals surface area contributed by atoms with Crippen molar-refractivity contribution in [1.29, 1.82) is 0 Å². The minimum atomic E-state index is 0.0469. The standard InChI is InChI=1S/C14H14N2O2S/c1-18-14-8-10(15-9-16-14)7-12(17)11-5-3-4-6-13(11)19-2/h3-6,8-9H,7H2,1-2H3. The van der Waals surface area contributed by atoms with Crippen molar-refractivity contribution < 1.29 is 9.53 Å². The van der Waals surface area contributed by atoms with Crippen molar-refractivity contribution in [2.45, 2.75) is 11.3 Å². The topological polar surface area (TPSA) is 52.1 Å². The van der Waals surface area contributed by atoms with Crippen molar-refractivity contribution in [2.24, 2.45) is 0 Å². The molecule has 0 aliphatic carbocycles. The molecule has 4 nitrogen and oxygen atoms in total. The fraction of sp³-hybridized carbons (Fsp3) is 0.214. The number of ketones is 1. The van der Waals surface area contributed by atoms with E-state index >= 15 is 0 Å². The second-order valence-corrected chi connectivity index (χ2v) is 4.70. The van der Waals surface area contributed by atoms with Gasteiger partial charge in [0, 0.05) is 16.5 Å². The zero-order chi connectivity index (χ0) is 13.7. The number of carbonyl (C=O) groups excluding carboxylic acids is 1. The summed E-state index contributed by atoms with van der Waals surface area (Å²) in [6.45, 7) is 0. The molecule has 1 aromatic heterocycles. The molecule has 2 aromatic rings. The molecule has 19 heavy (non-hydrogen) atoms. The van der Waals surface area contributed by atoms with Crippen LogP contribution in [-0.4, -0.2) is 29.1 Å². The summed E-state index contributed by atoms with van der Waals surface area (Å²) < 4.78 is 5.02. The molecule has 5 heteroatoms. The third-order valence-corrected chi connectivity index (χ3v) is 3.45. The molecular formula is C14H14N2O2S. The van der Waals surface area contributed by atoms with Gasteiger partial charge in [-0.2, -0.15) is 0 Å². The van der Waals surface area contributed by atoms with Crippen molar-refractivity contribution in [1.82, 2.24) is 9.97 Å². The van der Waals surface area contributed by atoms with E-state index in [1.54, 1.807) is 17.8 Å². The molecule has 0 fully saturated rings. The molecule has 0 aliphatic rings. The first-order valence-electron chi connectivity index (χ1n) is 5.75. The van der Waals surface area contributed by atoms with E-state index < -0.39 is 0 Å². The SMILES string of the molecule is COc1cc(CC(=O)c2ccccc2SC)ncn1. The molecule has 0 bridgehead atoms. The van der Waals surface area contributed by atoms with Crippen LogP contribution in [0.25, 0.3) is 0 Å². The molecule has 0 radical (unpaired) electrons. The third kappa shape index (κ3) is 3.32. The van der Waals surface area contributed by atoms with E-state index in [-0.39, 0.29) is 12.2 Å². The Bertz CT molecular complexity index is 587. The lowest BCUT2D eigenvalue weighted by atomic mass is 10.1. The van der Waals surface area contributed by atoms with Crippen LogP contribution in [0.2, 0.25) is 0 Å². The molecule has 2 rings (SSSR count). The zero-order valence-electron chi connectivity index (χ0n) is 10.8. The summed E-state index contributed by atoms with van der Waals surface area (Å²) in [5.74, 6) is 0.515. The van der Waals surface area contributed by atoms with Crippen LogP contribution in [0, 0.1) is 0 Å². The Hall–Kier alpha value is -1.88. The van der Waals surface area contributed by atoms with Gasteiger partial charge in [-0.25, -0.2) is 9.97 Å². The molecular weight excluding hydrogens is 260 g/mol. The zero-order valence-corrected chi connectivity index (χ0v) is 11.6. The van der Waals surface area contributed by atoms with Crippen LogP contribution in [0.15, 0.2) is 41.6 Å². The number of hydrogen-bond donors (Lipinski definition) is 0. The number of nitrogens with zero attached hydrogens (tertiary/aromatic N) is 2. The van der Waals surface area contributed by atoms with Gasteiger partial charge in [0.2, 0.25) is 5.88 Å². The first kappa shape index (κ1) is 13.5. The molecule has 0 aliphatic heterocycles. The van der Waals surface area contributed by atoms with Gasteiger partial charge in [0.15, 0.2) is 5.78 Å². The van der Waals surface area contributed by atoms with Gasteiger partial charge >= 0.3 is 0 Å². The Morgan fingerprint density at radius 1 is 1.32 bits per heavy atom. The van der Waals surface area contributed by atoms with Crippen molar-refractivity contribution in [3.63, 3.8) is 0 Å². The van der Waals surface area contributed by atoms with E-state index in [2.05, 4.69) is 9.97 Å². The fourth-order valence-electron chi connectivity index (χ4n) is 1.72. The number of Topliss-reactive ketones (excluding diaryl/α,β-unsaturated/α-hetero) is 1. The lowest BCUT2D eigenvalue weighted by Gasteiger charge is -2.06. The highest BCUT2D eigenvalue weighted by Gasteiger charge is 2.12. The fourth-order valence-corrected chi connectivity index (χ4v) is 2.34. The van der Waals surface area contributed by atoms with Crippen LogP contribution in [-0.2, 0) is 6.42 Å². The van der Waals surface area contributed by atoms with Crippen LogP contribution in [0.1, 0.15) is 16.1 Å². The van der Waals surface area contributed by atoms with E-state index in [1.165, 1.54) is 13.4 Å². The highest BCUT2D eigenvalue weighted by molar-refractivity contribution is 7.98. The number of hydrogen-bond acceptors (Lipinski definition) is 5. The number of benzene rings is 1. The van der Waals surface area contributed by atoms with E-state index in [0.717, 1.165) is 10.5 Å². The van der Waals surface area contributed by atoms with Crippen molar-refractivity contribution in [2.75, 3.05) is 13.4 Å². The van der Waals surface area contributed by atoms with Crippen molar-refractivity contribution >= 4 is 17.5 Å². The molecule has 98 valence electrons. The predicted molar refractivity (Wildman–Crippen MR) is 74.8 cm³/mol. The van der Waals surface area contributed by atoms with E-state index in [0.29, 0.717) is 11.6 Å². The van der Waals surface area contributed by atoms with Gasteiger partial charge < -0.3 is 4.74 Å². The molecule has 0 N–H and O–H groups in total. The Morgan fingerprint density at radius 3 is 2.84 bits per heavy atom. The molecule has 0 atom stereocenters. The number of rotatable bonds is 5. The van der Waals surface area contributed by atoms with Crippen molar-refractivity contribution in [3.05, 3.63) is 47.9 Å². The van der Waals surface area contributed by atoms with E-state index in [9.17, 15) is 4.79 Å². The van der Waals surface area contributed by atoms with Crippen LogP contribution in [0.3, 0.4) is 0 Å². The van der Waals surface area contributed by atoms with Gasteiger partial charge in [0.05, 0.1) is 19.2 Å². The summed E-state index contributed by atoms with van der Waals surface area (Å²) in [4.78, 5) is 21.3. The molecule has 1 heterocycles. The molecule has 0 unspecified atom stereocenters. The van der Waals surface area contributed by atoms with Gasteiger partial charge in [-0.1, -0.05) is 18.2 Å². The first-order valence-corrected chi connectivity index (χ1v) is 6.98. The van der Waals surface area contributed by atoms with Crippen LogP contribution in [0.4, 0.5) is 0 Å². The Kier molecular flexibility index (Phi) is 4.52. The lowest BCUT2D eigenvalue weighted by molar-refractivity contribution is 0.0989. The summed E-state index contributed by atoms with van der Waals surface area (Å²) in [7, 11) is 1.54. The number of methoxy groups -OCH3 is 1. The lowest BCUT2D eigenvalue weighted by Crippen LogP contribution is -2.07. The van der Waals surface area contributed by atoms with E-state index in [4.69, 9.17) is 4.74 Å². The molecule has 0 spiro atoms. The van der Waals surface area contributed by atoms with Crippen LogP contribution >= 0.6 is 11.8 Å². The number of ether oxygens (including phenoxy) is 1. The highest BCUT2D eigenvalue weighted by Crippen LogP contribution is 2.21. The highest BCUT2D eigenvalue weighted by atomic mass is 32.2. The quantitative estimate of drug-likeness (QED) is 0.619. The maximum absolute atomic E-state index is 12.3. The number of carbonyl (C=O) groups is 1. The molecule has 1 aromatic carbocycles. The van der Waals surface area contributed by atoms with Gasteiger partial charge in [-0.05, 0) is 12.3 Å². The normalized spacial score (nSPS) is 10.2. The summed E-state index contributed by atoms with van der Waals surface area (Å²) in [5, 5.41) is 0. The molecule has 0 saturated carbocycles. The predicted octanol–water partition coefficient (Wildman–Crippen LogP) is 2.63. The van der Waals surface area contributed by atoms with Gasteiger partial charge in [-0.15, -0.1) is 11.8 Å². The van der Waals surface area contributed by atoms with Gasteiger partial charge in [0.1, 0.15) is 6.33 Å². The smallest absolute Gasteiger partial charge is 0.216 e. The summed E-state index contributed by atoms with van der Waals surface area (Å²) >= 11 is 1.56. The second kappa shape index (κ2) is 6.33. The largest absolute Gasteiger partial charge is 0.481 e. The minimum Gasteiger partial charge on any atom is -0.481 e. The summed E-state index contributed by atoms with van der Waals surface area (Å²) in [6, 6.07) is 9.26. The third-order valence-electron chi connectivity index (χ3n) is 2.66. The van der Waals surface area contributed by atoms with Gasteiger partial charge in [-0.3, -0.25) is 4.79 Å². The summed E-state index contributed by atoms with van der Waals surface area (Å²) in [5.41, 5.74) is 1.39. The number of thioether (sulfide) groups is 1. The first-order chi connectivity index (χ1) is 9.24. The maximum atomic E-state index is 12.3. The Balaban J connectivity index is 2.20. The summed E-state index contributed by atoms with van der Waals surface area (Å²) in [6.07, 6.45) is 3.61. The Morgan fingerprint density at radius 2 is 2.11 bits per heavy atom. The maximum Gasteiger partial charge on any atom is 0.216 e.